The number of aliphatic hydroxyl groups excluding tert-OH is 1. The van der Waals surface area contributed by atoms with Crippen LogP contribution in [0.4, 0.5) is 0 Å². The zero-order valence-corrected chi connectivity index (χ0v) is 23.5. The summed E-state index contributed by atoms with van der Waals surface area (Å²) in [6.07, 6.45) is 0. The first kappa shape index (κ1) is 28.0. The molecule has 6 nitrogen and oxygen atoms in total. The van der Waals surface area contributed by atoms with Crippen molar-refractivity contribution in [2.75, 3.05) is 13.7 Å². The van der Waals surface area contributed by atoms with Crippen molar-refractivity contribution < 1.29 is 24.2 Å². The number of likely N-dealkylation sites (tertiary alicyclic amines) is 1. The number of carbonyl (C=O) groups is 2. The Morgan fingerprint density at radius 2 is 1.49 bits per heavy atom. The Morgan fingerprint density at radius 3 is 2.03 bits per heavy atom. The molecule has 0 bridgehead atoms. The average molecular weight is 528 g/mol. The highest BCUT2D eigenvalue weighted by Crippen LogP contribution is 2.41. The fraction of sp³-hybridized carbons (Fsp3) is 0.333. The van der Waals surface area contributed by atoms with Gasteiger partial charge in [0.05, 0.1) is 25.3 Å². The summed E-state index contributed by atoms with van der Waals surface area (Å²) in [5, 5.41) is 11.4. The summed E-state index contributed by atoms with van der Waals surface area (Å²) >= 11 is 0. The Hall–Kier alpha value is -4.06. The number of hydrogen-bond donors (Lipinski definition) is 1. The molecule has 1 aliphatic heterocycles. The van der Waals surface area contributed by atoms with Gasteiger partial charge in [0, 0.05) is 12.1 Å². The van der Waals surface area contributed by atoms with Crippen LogP contribution in [-0.2, 0) is 21.5 Å². The van der Waals surface area contributed by atoms with Gasteiger partial charge in [0.25, 0.3) is 11.7 Å². The number of rotatable bonds is 8. The molecule has 0 aromatic heterocycles. The van der Waals surface area contributed by atoms with Crippen molar-refractivity contribution in [1.29, 1.82) is 0 Å². The lowest BCUT2D eigenvalue weighted by Gasteiger charge is -2.26. The molecule has 1 N–H and O–H groups in total. The maximum absolute atomic E-state index is 13.4. The summed E-state index contributed by atoms with van der Waals surface area (Å²) in [7, 11) is 1.60. The first-order valence-corrected chi connectivity index (χ1v) is 13.2. The monoisotopic (exact) mass is 527 g/mol. The lowest BCUT2D eigenvalue weighted by molar-refractivity contribution is -0.140. The number of ketones is 1. The van der Waals surface area contributed by atoms with E-state index in [0.717, 1.165) is 16.7 Å². The summed E-state index contributed by atoms with van der Waals surface area (Å²) in [6.45, 7) is 11.3. The van der Waals surface area contributed by atoms with Crippen LogP contribution >= 0.6 is 0 Å². The van der Waals surface area contributed by atoms with Gasteiger partial charge in [-0.3, -0.25) is 9.59 Å². The van der Waals surface area contributed by atoms with Crippen molar-refractivity contribution in [2.24, 2.45) is 5.92 Å². The van der Waals surface area contributed by atoms with Crippen LogP contribution < -0.4 is 9.47 Å². The molecule has 0 aliphatic carbocycles. The smallest absolute Gasteiger partial charge is 0.295 e. The molecule has 1 aliphatic rings. The molecule has 1 heterocycles. The van der Waals surface area contributed by atoms with Crippen LogP contribution in [0.15, 0.2) is 78.4 Å². The standard InChI is InChI=1S/C33H37NO5/c1-21(2)20-39-27-17-11-24(12-18-27)30(35)28-29(23-9-13-25(14-10-23)33(3,4)5)34(32(37)31(28)36)19-22-7-15-26(38-6)16-8-22/h7-18,21,29,35H,19-20H2,1-6H3/b30-28-. The average Bonchev–Trinajstić information content (AvgIpc) is 3.16. The highest BCUT2D eigenvalue weighted by molar-refractivity contribution is 6.46. The fourth-order valence-corrected chi connectivity index (χ4v) is 4.61. The van der Waals surface area contributed by atoms with E-state index in [2.05, 4.69) is 34.6 Å². The van der Waals surface area contributed by atoms with E-state index in [1.807, 2.05) is 48.5 Å². The Balaban J connectivity index is 1.76. The normalized spacial score (nSPS) is 17.1. The third kappa shape index (κ3) is 6.17. The molecule has 0 saturated carbocycles. The third-order valence-corrected chi connectivity index (χ3v) is 6.86. The minimum Gasteiger partial charge on any atom is -0.507 e. The largest absolute Gasteiger partial charge is 0.507 e. The Morgan fingerprint density at radius 1 is 0.897 bits per heavy atom. The number of benzene rings is 3. The van der Waals surface area contributed by atoms with Crippen molar-refractivity contribution in [3.8, 4) is 11.5 Å². The number of nitrogens with zero attached hydrogens (tertiary/aromatic N) is 1. The second kappa shape index (κ2) is 11.4. The fourth-order valence-electron chi connectivity index (χ4n) is 4.61. The second-order valence-corrected chi connectivity index (χ2v) is 11.4. The molecule has 6 heteroatoms. The molecule has 1 saturated heterocycles. The lowest BCUT2D eigenvalue weighted by atomic mass is 9.85. The van der Waals surface area contributed by atoms with E-state index >= 15 is 0 Å². The minimum atomic E-state index is -0.738. The van der Waals surface area contributed by atoms with E-state index in [-0.39, 0.29) is 23.3 Å². The zero-order chi connectivity index (χ0) is 28.3. The predicted octanol–water partition coefficient (Wildman–Crippen LogP) is 6.65. The Bertz CT molecular complexity index is 1350. The first-order chi connectivity index (χ1) is 18.5. The van der Waals surface area contributed by atoms with Gasteiger partial charge in [-0.1, -0.05) is 71.0 Å². The van der Waals surface area contributed by atoms with Crippen molar-refractivity contribution in [2.45, 2.75) is 52.6 Å². The summed E-state index contributed by atoms with van der Waals surface area (Å²) in [4.78, 5) is 28.3. The van der Waals surface area contributed by atoms with E-state index in [1.54, 1.807) is 31.4 Å². The summed E-state index contributed by atoms with van der Waals surface area (Å²) in [5.74, 6) is 0.209. The van der Waals surface area contributed by atoms with Crippen LogP contribution in [0.1, 0.15) is 62.9 Å². The molecule has 204 valence electrons. The van der Waals surface area contributed by atoms with Gasteiger partial charge in [0.2, 0.25) is 0 Å². The van der Waals surface area contributed by atoms with E-state index in [0.29, 0.717) is 29.6 Å². The maximum Gasteiger partial charge on any atom is 0.295 e. The van der Waals surface area contributed by atoms with Crippen molar-refractivity contribution in [3.05, 3.63) is 101 Å². The molecule has 1 unspecified atom stereocenters. The molecule has 3 aromatic rings. The molecular formula is C33H37NO5. The number of aliphatic hydroxyl groups is 1. The molecule has 1 fully saturated rings. The third-order valence-electron chi connectivity index (χ3n) is 6.86. The molecule has 4 rings (SSSR count). The molecule has 39 heavy (non-hydrogen) atoms. The lowest BCUT2D eigenvalue weighted by Crippen LogP contribution is -2.29. The molecular weight excluding hydrogens is 490 g/mol. The summed E-state index contributed by atoms with van der Waals surface area (Å²) < 4.78 is 11.0. The van der Waals surface area contributed by atoms with Crippen LogP contribution in [0.2, 0.25) is 0 Å². The summed E-state index contributed by atoms with van der Waals surface area (Å²) in [5.41, 5.74) is 3.21. The Labute approximate surface area is 230 Å². The number of carbonyl (C=O) groups excluding carboxylic acids is 2. The second-order valence-electron chi connectivity index (χ2n) is 11.4. The summed E-state index contributed by atoms with van der Waals surface area (Å²) in [6, 6.07) is 21.5. The number of methoxy groups -OCH3 is 1. The quantitative estimate of drug-likeness (QED) is 0.202. The van der Waals surface area contributed by atoms with Crippen LogP contribution in [0.25, 0.3) is 5.76 Å². The van der Waals surface area contributed by atoms with Gasteiger partial charge >= 0.3 is 0 Å². The van der Waals surface area contributed by atoms with Crippen molar-refractivity contribution in [1.82, 2.24) is 4.90 Å². The highest BCUT2D eigenvalue weighted by Gasteiger charge is 2.46. The van der Waals surface area contributed by atoms with Crippen LogP contribution in [0.3, 0.4) is 0 Å². The van der Waals surface area contributed by atoms with Crippen molar-refractivity contribution >= 4 is 17.4 Å². The number of hydrogen-bond acceptors (Lipinski definition) is 5. The van der Waals surface area contributed by atoms with Gasteiger partial charge in [-0.2, -0.15) is 0 Å². The van der Waals surface area contributed by atoms with E-state index in [9.17, 15) is 14.7 Å². The van der Waals surface area contributed by atoms with E-state index in [4.69, 9.17) is 9.47 Å². The van der Waals surface area contributed by atoms with Crippen LogP contribution in [0, 0.1) is 5.92 Å². The topological polar surface area (TPSA) is 76.1 Å². The molecule has 1 amide bonds. The predicted molar refractivity (Wildman–Crippen MR) is 153 cm³/mol. The van der Waals surface area contributed by atoms with Gasteiger partial charge in [0.15, 0.2) is 0 Å². The molecule has 1 atom stereocenters. The van der Waals surface area contributed by atoms with Gasteiger partial charge in [-0.05, 0) is 64.4 Å². The van der Waals surface area contributed by atoms with Gasteiger partial charge in [-0.25, -0.2) is 0 Å². The molecule has 0 spiro atoms. The number of amides is 1. The first-order valence-electron chi connectivity index (χ1n) is 13.2. The van der Waals surface area contributed by atoms with E-state index < -0.39 is 17.7 Å². The van der Waals surface area contributed by atoms with Crippen LogP contribution in [-0.4, -0.2) is 35.4 Å². The maximum atomic E-state index is 13.4. The van der Waals surface area contributed by atoms with Gasteiger partial charge in [0.1, 0.15) is 17.3 Å². The number of ether oxygens (including phenoxy) is 2. The van der Waals surface area contributed by atoms with Gasteiger partial charge < -0.3 is 19.5 Å². The number of Topliss-reactive ketones (excluding diaryl/α,β-unsaturated/α-hetero) is 1. The zero-order valence-electron chi connectivity index (χ0n) is 23.5. The highest BCUT2D eigenvalue weighted by atomic mass is 16.5. The molecule has 0 radical (unpaired) electrons. The van der Waals surface area contributed by atoms with Crippen LogP contribution in [0.5, 0.6) is 11.5 Å². The van der Waals surface area contributed by atoms with Gasteiger partial charge in [-0.15, -0.1) is 0 Å². The minimum absolute atomic E-state index is 0.0528. The van der Waals surface area contributed by atoms with E-state index in [1.165, 1.54) is 4.90 Å². The van der Waals surface area contributed by atoms with Crippen molar-refractivity contribution in [3.63, 3.8) is 0 Å². The molecule has 3 aromatic carbocycles. The Kier molecular flexibility index (Phi) is 8.14. The SMILES string of the molecule is COc1ccc(CN2C(=O)C(=O)/C(=C(\O)c3ccc(OCC(C)C)cc3)C2c2ccc(C(C)(C)C)cc2)cc1.